The zero-order valence-corrected chi connectivity index (χ0v) is 14.9. The summed E-state index contributed by atoms with van der Waals surface area (Å²) in [6.07, 6.45) is 7.29. The van der Waals surface area contributed by atoms with Gasteiger partial charge in [0.05, 0.1) is 41.7 Å². The summed E-state index contributed by atoms with van der Waals surface area (Å²) in [5.41, 5.74) is 1.51. The summed E-state index contributed by atoms with van der Waals surface area (Å²) in [5, 5.41) is 11.0. The maximum Gasteiger partial charge on any atom is 1.00 e. The maximum atomic E-state index is 11.0. The molecule has 0 unspecified atom stereocenters. The smallest absolute Gasteiger partial charge is 0.543 e. The number of carbonyl (C=O) groups is 1. The standard InChI is InChI=1S/C15H17N3O3.Na/c1-9(2)21-14-6-16-11(15(19)20)5-13(14)18-7-12(17-8-18)10-3-4-10;/h5-10H,3-4H2,1-2H3,(H,19,20);/q;+1/p-1. The average Bonchev–Trinajstić information content (AvgIpc) is 3.16. The Morgan fingerprint density at radius 2 is 2.14 bits per heavy atom. The first-order valence-electron chi connectivity index (χ1n) is 6.97. The molecule has 110 valence electrons. The van der Waals surface area contributed by atoms with Crippen molar-refractivity contribution in [1.29, 1.82) is 0 Å². The van der Waals surface area contributed by atoms with Gasteiger partial charge in [0.1, 0.15) is 0 Å². The van der Waals surface area contributed by atoms with Gasteiger partial charge in [0.25, 0.3) is 0 Å². The molecule has 0 spiro atoms. The second-order valence-electron chi connectivity index (χ2n) is 5.47. The van der Waals surface area contributed by atoms with Crippen LogP contribution in [0.15, 0.2) is 24.8 Å². The van der Waals surface area contributed by atoms with E-state index in [4.69, 9.17) is 4.74 Å². The number of hydrogen-bond donors (Lipinski definition) is 0. The molecule has 0 aliphatic heterocycles. The Balaban J connectivity index is 0.00000176. The second-order valence-corrected chi connectivity index (χ2v) is 5.47. The van der Waals surface area contributed by atoms with Gasteiger partial charge in [0, 0.05) is 12.1 Å². The van der Waals surface area contributed by atoms with Gasteiger partial charge in [-0.05, 0) is 32.8 Å². The third-order valence-corrected chi connectivity index (χ3v) is 3.29. The molecule has 0 amide bonds. The van der Waals surface area contributed by atoms with Gasteiger partial charge in [-0.3, -0.25) is 4.98 Å². The molecule has 2 aromatic heterocycles. The van der Waals surface area contributed by atoms with Crippen molar-refractivity contribution in [2.24, 2.45) is 0 Å². The molecule has 1 aliphatic carbocycles. The Morgan fingerprint density at radius 1 is 1.41 bits per heavy atom. The number of aromatic carboxylic acids is 1. The second kappa shape index (κ2) is 6.81. The van der Waals surface area contributed by atoms with Crippen molar-refractivity contribution in [3.05, 3.63) is 36.2 Å². The van der Waals surface area contributed by atoms with Gasteiger partial charge in [0.15, 0.2) is 5.75 Å². The number of ether oxygens (including phenoxy) is 1. The number of rotatable bonds is 5. The zero-order chi connectivity index (χ0) is 15.0. The predicted octanol–water partition coefficient (Wildman–Crippen LogP) is -1.70. The maximum absolute atomic E-state index is 11.0. The Kier molecular flexibility index (Phi) is 5.26. The third kappa shape index (κ3) is 3.69. The largest absolute Gasteiger partial charge is 1.00 e. The van der Waals surface area contributed by atoms with Crippen LogP contribution >= 0.6 is 0 Å². The minimum Gasteiger partial charge on any atom is -0.543 e. The van der Waals surface area contributed by atoms with E-state index in [1.54, 1.807) is 10.9 Å². The molecule has 0 N–H and O–H groups in total. The summed E-state index contributed by atoms with van der Waals surface area (Å²) in [6, 6.07) is 1.45. The number of carbonyl (C=O) groups excluding carboxylic acids is 1. The van der Waals surface area contributed by atoms with E-state index in [-0.39, 0.29) is 41.4 Å². The predicted molar refractivity (Wildman–Crippen MR) is 73.4 cm³/mol. The van der Waals surface area contributed by atoms with Crippen molar-refractivity contribution in [1.82, 2.24) is 14.5 Å². The van der Waals surface area contributed by atoms with Crippen LogP contribution in [0.5, 0.6) is 5.75 Å². The van der Waals surface area contributed by atoms with Crippen molar-refractivity contribution >= 4 is 5.97 Å². The number of nitrogens with zero attached hydrogens (tertiary/aromatic N) is 3. The molecule has 0 atom stereocenters. The molecule has 0 bridgehead atoms. The molecule has 2 aromatic rings. The van der Waals surface area contributed by atoms with Crippen LogP contribution in [0.25, 0.3) is 5.69 Å². The molecule has 7 heteroatoms. The van der Waals surface area contributed by atoms with Gasteiger partial charge in [0.2, 0.25) is 0 Å². The van der Waals surface area contributed by atoms with Gasteiger partial charge in [-0.15, -0.1) is 0 Å². The van der Waals surface area contributed by atoms with Crippen LogP contribution in [0.1, 0.15) is 48.8 Å². The van der Waals surface area contributed by atoms with Crippen LogP contribution in [0.2, 0.25) is 0 Å². The Morgan fingerprint density at radius 3 is 2.73 bits per heavy atom. The molecule has 3 rings (SSSR count). The molecule has 0 aromatic carbocycles. The summed E-state index contributed by atoms with van der Waals surface area (Å²) in [6.45, 7) is 3.81. The fraction of sp³-hybridized carbons (Fsp3) is 0.400. The normalized spacial score (nSPS) is 13.8. The molecule has 1 saturated carbocycles. The van der Waals surface area contributed by atoms with E-state index in [1.807, 2.05) is 20.0 Å². The number of aromatic nitrogens is 3. The topological polar surface area (TPSA) is 80.1 Å². The number of pyridine rings is 1. The van der Waals surface area contributed by atoms with E-state index >= 15 is 0 Å². The molecule has 2 heterocycles. The van der Waals surface area contributed by atoms with Crippen molar-refractivity contribution in [2.45, 2.75) is 38.7 Å². The summed E-state index contributed by atoms with van der Waals surface area (Å²) < 4.78 is 7.47. The number of carboxylic acid groups (broad SMARTS) is 1. The fourth-order valence-corrected chi connectivity index (χ4v) is 2.15. The van der Waals surface area contributed by atoms with E-state index in [9.17, 15) is 9.90 Å². The third-order valence-electron chi connectivity index (χ3n) is 3.29. The fourth-order valence-electron chi connectivity index (χ4n) is 2.15. The first-order chi connectivity index (χ1) is 10.0. The van der Waals surface area contributed by atoms with Crippen LogP contribution in [0.3, 0.4) is 0 Å². The monoisotopic (exact) mass is 309 g/mol. The first-order valence-corrected chi connectivity index (χ1v) is 6.97. The van der Waals surface area contributed by atoms with Gasteiger partial charge in [-0.2, -0.15) is 0 Å². The summed E-state index contributed by atoms with van der Waals surface area (Å²) in [4.78, 5) is 19.2. The summed E-state index contributed by atoms with van der Waals surface area (Å²) >= 11 is 0. The van der Waals surface area contributed by atoms with Crippen molar-refractivity contribution in [3.63, 3.8) is 0 Å². The van der Waals surface area contributed by atoms with Crippen molar-refractivity contribution in [2.75, 3.05) is 0 Å². The molecule has 0 radical (unpaired) electrons. The van der Waals surface area contributed by atoms with Crippen LogP contribution in [0, 0.1) is 0 Å². The average molecular weight is 309 g/mol. The van der Waals surface area contributed by atoms with Crippen molar-refractivity contribution < 1.29 is 44.2 Å². The van der Waals surface area contributed by atoms with Crippen LogP contribution in [-0.4, -0.2) is 26.6 Å². The Labute approximate surface area is 150 Å². The van der Waals surface area contributed by atoms with Gasteiger partial charge in [-0.25, -0.2) is 4.98 Å². The quantitative estimate of drug-likeness (QED) is 0.615. The Hall–Kier alpha value is -1.37. The zero-order valence-electron chi connectivity index (χ0n) is 12.9. The number of hydrogen-bond acceptors (Lipinski definition) is 5. The molecule has 1 fully saturated rings. The van der Waals surface area contributed by atoms with E-state index in [0.717, 1.165) is 18.5 Å². The van der Waals surface area contributed by atoms with E-state index in [2.05, 4.69) is 9.97 Å². The van der Waals surface area contributed by atoms with Crippen LogP contribution in [0.4, 0.5) is 0 Å². The SMILES string of the molecule is CC(C)Oc1cnc(C(=O)[O-])cc1-n1cnc(C2CC2)c1.[Na+]. The van der Waals surface area contributed by atoms with Crippen molar-refractivity contribution in [3.8, 4) is 11.4 Å². The van der Waals surface area contributed by atoms with E-state index in [1.165, 1.54) is 12.3 Å². The minimum atomic E-state index is -1.31. The van der Waals surface area contributed by atoms with Crippen LogP contribution < -0.4 is 39.4 Å². The minimum absolute atomic E-state index is 0. The molecule has 6 nitrogen and oxygen atoms in total. The van der Waals surface area contributed by atoms with E-state index in [0.29, 0.717) is 17.4 Å². The molecule has 0 saturated heterocycles. The number of carboxylic acids is 1. The molecular formula is C15H16N3NaO3. The molecular weight excluding hydrogens is 293 g/mol. The molecule has 1 aliphatic rings. The molecule has 22 heavy (non-hydrogen) atoms. The van der Waals surface area contributed by atoms with Gasteiger partial charge in [-0.1, -0.05) is 0 Å². The first kappa shape index (κ1) is 17.0. The summed E-state index contributed by atoms with van der Waals surface area (Å²) in [5.74, 6) is -0.257. The van der Waals surface area contributed by atoms with Gasteiger partial charge >= 0.3 is 29.6 Å². The van der Waals surface area contributed by atoms with Gasteiger partial charge < -0.3 is 19.2 Å². The Bertz CT molecular complexity index is 680. The van der Waals surface area contributed by atoms with Crippen LogP contribution in [-0.2, 0) is 0 Å². The summed E-state index contributed by atoms with van der Waals surface area (Å²) in [7, 11) is 0. The number of imidazole rings is 1. The van der Waals surface area contributed by atoms with E-state index < -0.39 is 5.97 Å².